The molecule has 2 amide bonds. The number of morpholine rings is 1. The maximum Gasteiger partial charge on any atom is 0.322 e. The Morgan fingerprint density at radius 3 is 2.22 bits per heavy atom. The Balaban J connectivity index is 1.42. The summed E-state index contributed by atoms with van der Waals surface area (Å²) in [6, 6.07) is 30.5. The minimum absolute atomic E-state index is 0.139. The minimum atomic E-state index is -0.139. The number of hydrogen-bond acceptors (Lipinski definition) is 5. The van der Waals surface area contributed by atoms with Gasteiger partial charge in [0, 0.05) is 38.6 Å². The van der Waals surface area contributed by atoms with Crippen LogP contribution in [0.4, 0.5) is 4.79 Å². The fourth-order valence-corrected chi connectivity index (χ4v) is 5.45. The molecule has 1 heterocycles. The summed E-state index contributed by atoms with van der Waals surface area (Å²) in [5.74, 6) is 0.187. The van der Waals surface area contributed by atoms with Crippen LogP contribution in [-0.2, 0) is 4.74 Å². The third kappa shape index (κ3) is 9.36. The van der Waals surface area contributed by atoms with Gasteiger partial charge in [-0.2, -0.15) is 5.26 Å². The van der Waals surface area contributed by atoms with Gasteiger partial charge in [-0.1, -0.05) is 91.1 Å². The number of rotatable bonds is 12. The summed E-state index contributed by atoms with van der Waals surface area (Å²) in [5, 5.41) is 14.6. The Labute approximate surface area is 248 Å². The molecule has 0 aliphatic carbocycles. The fraction of sp³-hybridized carbons (Fsp3) is 0.294. The molecule has 1 N–H and O–H groups in total. The van der Waals surface area contributed by atoms with Gasteiger partial charge in [0.25, 0.3) is 0 Å². The number of carbonyl (C=O) groups excluding carboxylic acids is 1. The summed E-state index contributed by atoms with van der Waals surface area (Å²) in [6.45, 7) is 11.4. The molecule has 6 nitrogen and oxygen atoms in total. The smallest absolute Gasteiger partial charge is 0.322 e. The highest BCUT2D eigenvalue weighted by atomic mass is 32.2. The van der Waals surface area contributed by atoms with E-state index in [1.807, 2.05) is 41.5 Å². The summed E-state index contributed by atoms with van der Waals surface area (Å²) in [5.41, 5.74) is 5.18. The van der Waals surface area contributed by atoms with Crippen LogP contribution in [0.1, 0.15) is 41.5 Å². The molecule has 212 valence electrons. The topological polar surface area (TPSA) is 68.6 Å². The lowest BCUT2D eigenvalue weighted by atomic mass is 9.88. The fourth-order valence-electron chi connectivity index (χ4n) is 4.85. The van der Waals surface area contributed by atoms with Gasteiger partial charge >= 0.3 is 6.03 Å². The number of nitrogens with zero attached hydrogens (tertiary/aromatic N) is 3. The number of carbonyl (C=O) groups is 1. The Hall–Kier alpha value is -3.83. The Morgan fingerprint density at radius 2 is 1.63 bits per heavy atom. The van der Waals surface area contributed by atoms with Gasteiger partial charge in [-0.25, -0.2) is 4.79 Å². The largest absolute Gasteiger partial charge is 0.379 e. The number of ether oxygens (including phenoxy) is 1. The van der Waals surface area contributed by atoms with E-state index in [9.17, 15) is 4.79 Å². The van der Waals surface area contributed by atoms with Crippen molar-refractivity contribution in [3.8, 4) is 6.07 Å². The van der Waals surface area contributed by atoms with Crippen LogP contribution < -0.4 is 5.32 Å². The third-order valence-corrected chi connectivity index (χ3v) is 8.12. The van der Waals surface area contributed by atoms with E-state index in [1.165, 1.54) is 22.9 Å². The van der Waals surface area contributed by atoms with Crippen molar-refractivity contribution in [2.24, 2.45) is 0 Å². The second-order valence-corrected chi connectivity index (χ2v) is 11.0. The van der Waals surface area contributed by atoms with Gasteiger partial charge < -0.3 is 15.0 Å². The SMILES string of the molecule is C=C(NC(=O)N(CCC(c1ccccc1)c1ccccc1)CCN1CCOCC1)S/C=C(\C)c1ccc(C#N)cc1. The normalized spacial score (nSPS) is 13.9. The van der Waals surface area contributed by atoms with E-state index < -0.39 is 0 Å². The van der Waals surface area contributed by atoms with Crippen LogP contribution in [-0.4, -0.2) is 61.8 Å². The Bertz CT molecular complexity index is 1290. The van der Waals surface area contributed by atoms with Gasteiger partial charge in [0.2, 0.25) is 0 Å². The first-order chi connectivity index (χ1) is 20.0. The molecule has 7 heteroatoms. The molecule has 0 radical (unpaired) electrons. The van der Waals surface area contributed by atoms with Crippen molar-refractivity contribution >= 4 is 23.4 Å². The molecule has 0 spiro atoms. The predicted octanol–water partition coefficient (Wildman–Crippen LogP) is 6.69. The van der Waals surface area contributed by atoms with E-state index in [4.69, 9.17) is 10.00 Å². The minimum Gasteiger partial charge on any atom is -0.379 e. The molecule has 0 unspecified atom stereocenters. The summed E-state index contributed by atoms with van der Waals surface area (Å²) in [7, 11) is 0. The Kier molecular flexibility index (Phi) is 11.6. The second-order valence-electron chi connectivity index (χ2n) is 10.1. The van der Waals surface area contributed by atoms with Gasteiger partial charge in [-0.15, -0.1) is 0 Å². The van der Waals surface area contributed by atoms with Gasteiger partial charge in [0.05, 0.1) is 29.9 Å². The maximum atomic E-state index is 13.5. The standard InChI is InChI=1S/C34H38N4O2S/c1-27(30-15-13-29(25-35)14-16-30)26-41-28(2)36-34(39)38(20-19-37-21-23-40-24-22-37)18-17-33(31-9-5-3-6-10-31)32-11-7-4-8-12-32/h3-16,26,33H,2,17-24H2,1H3,(H,36,39)/b27-26+. The van der Waals surface area contributed by atoms with Gasteiger partial charge in [-0.3, -0.25) is 4.90 Å². The zero-order chi connectivity index (χ0) is 28.9. The van der Waals surface area contributed by atoms with Gasteiger partial charge in [-0.05, 0) is 53.1 Å². The van der Waals surface area contributed by atoms with Crippen molar-refractivity contribution < 1.29 is 9.53 Å². The molecular formula is C34H38N4O2S. The number of thioether (sulfide) groups is 1. The molecule has 1 saturated heterocycles. The van der Waals surface area contributed by atoms with Crippen molar-refractivity contribution in [3.63, 3.8) is 0 Å². The molecule has 3 aromatic rings. The van der Waals surface area contributed by atoms with Crippen molar-refractivity contribution in [2.75, 3.05) is 45.9 Å². The lowest BCUT2D eigenvalue weighted by Crippen LogP contribution is -2.46. The predicted molar refractivity (Wildman–Crippen MR) is 168 cm³/mol. The summed E-state index contributed by atoms with van der Waals surface area (Å²) >= 11 is 1.39. The van der Waals surface area contributed by atoms with Crippen molar-refractivity contribution in [3.05, 3.63) is 124 Å². The number of nitriles is 1. The van der Waals surface area contributed by atoms with Crippen molar-refractivity contribution in [2.45, 2.75) is 19.3 Å². The zero-order valence-corrected chi connectivity index (χ0v) is 24.5. The van der Waals surface area contributed by atoms with Crippen molar-refractivity contribution in [1.29, 1.82) is 5.26 Å². The monoisotopic (exact) mass is 566 g/mol. The first-order valence-corrected chi connectivity index (χ1v) is 14.9. The van der Waals surface area contributed by atoms with Crippen LogP contribution in [0, 0.1) is 11.3 Å². The van der Waals surface area contributed by atoms with Crippen LogP contribution in [0.15, 0.2) is 102 Å². The molecule has 41 heavy (non-hydrogen) atoms. The van der Waals surface area contributed by atoms with Crippen LogP contribution in [0.5, 0.6) is 0 Å². The van der Waals surface area contributed by atoms with Crippen LogP contribution in [0.3, 0.4) is 0 Å². The first kappa shape index (κ1) is 30.1. The van der Waals surface area contributed by atoms with E-state index in [-0.39, 0.29) is 11.9 Å². The zero-order valence-electron chi connectivity index (χ0n) is 23.7. The molecule has 1 fully saturated rings. The molecule has 3 aromatic carbocycles. The summed E-state index contributed by atoms with van der Waals surface area (Å²) in [6.07, 6.45) is 0.807. The Morgan fingerprint density at radius 1 is 1.02 bits per heavy atom. The number of allylic oxidation sites excluding steroid dienone is 1. The summed E-state index contributed by atoms with van der Waals surface area (Å²) < 4.78 is 5.50. The quantitative estimate of drug-likeness (QED) is 0.265. The third-order valence-electron chi connectivity index (χ3n) is 7.26. The number of nitrogens with one attached hydrogen (secondary N) is 1. The van der Waals surface area contributed by atoms with E-state index in [0.717, 1.165) is 50.4 Å². The highest BCUT2D eigenvalue weighted by molar-refractivity contribution is 8.05. The van der Waals surface area contributed by atoms with Crippen LogP contribution >= 0.6 is 11.8 Å². The van der Waals surface area contributed by atoms with Gasteiger partial charge in [0.15, 0.2) is 0 Å². The van der Waals surface area contributed by atoms with Crippen LogP contribution in [0.25, 0.3) is 5.57 Å². The van der Waals surface area contributed by atoms with E-state index in [2.05, 4.69) is 71.4 Å². The van der Waals surface area contributed by atoms with E-state index in [0.29, 0.717) is 23.7 Å². The number of hydrogen-bond donors (Lipinski definition) is 1. The molecule has 1 aliphatic heterocycles. The molecule has 0 saturated carbocycles. The maximum absolute atomic E-state index is 13.5. The lowest BCUT2D eigenvalue weighted by molar-refractivity contribution is 0.0349. The first-order valence-electron chi connectivity index (χ1n) is 14.0. The molecule has 0 bridgehead atoms. The number of urea groups is 1. The number of benzene rings is 3. The molecule has 0 atom stereocenters. The van der Waals surface area contributed by atoms with E-state index >= 15 is 0 Å². The van der Waals surface area contributed by atoms with Crippen molar-refractivity contribution in [1.82, 2.24) is 15.1 Å². The highest BCUT2D eigenvalue weighted by Gasteiger charge is 2.21. The lowest BCUT2D eigenvalue weighted by Gasteiger charge is -2.31. The van der Waals surface area contributed by atoms with E-state index in [1.54, 1.807) is 12.1 Å². The molecule has 4 rings (SSSR count). The molecular weight excluding hydrogens is 528 g/mol. The van der Waals surface area contributed by atoms with Gasteiger partial charge in [0.1, 0.15) is 0 Å². The average Bonchev–Trinajstić information content (AvgIpc) is 3.03. The average molecular weight is 567 g/mol. The highest BCUT2D eigenvalue weighted by Crippen LogP contribution is 2.28. The molecule has 0 aromatic heterocycles. The number of amides is 2. The molecule has 1 aliphatic rings. The van der Waals surface area contributed by atoms with Crippen LogP contribution in [0.2, 0.25) is 0 Å². The second kappa shape index (κ2) is 15.8. The summed E-state index contributed by atoms with van der Waals surface area (Å²) in [4.78, 5) is 17.8.